The molecule has 0 spiro atoms. The number of ether oxygens (including phenoxy) is 2. The number of nitrogens with one attached hydrogen (secondary N) is 1. The largest absolute Gasteiger partial charge is 0.573 e. The van der Waals surface area contributed by atoms with Gasteiger partial charge in [-0.05, 0) is 39.9 Å². The van der Waals surface area contributed by atoms with E-state index in [0.717, 1.165) is 34.4 Å². The van der Waals surface area contributed by atoms with Gasteiger partial charge in [-0.2, -0.15) is 0 Å². The maximum atomic E-state index is 12.6. The van der Waals surface area contributed by atoms with Crippen molar-refractivity contribution in [1.82, 2.24) is 5.32 Å². The average Bonchev–Trinajstić information content (AvgIpc) is 3.13. The lowest BCUT2D eigenvalue weighted by molar-refractivity contribution is -0.274. The molecule has 0 bridgehead atoms. The summed E-state index contributed by atoms with van der Waals surface area (Å²) in [6.45, 7) is 0.200. The summed E-state index contributed by atoms with van der Waals surface area (Å²) in [6.07, 6.45) is -2.75. The van der Waals surface area contributed by atoms with Gasteiger partial charge in [0.05, 0.1) is 0 Å². The molecule has 0 radical (unpaired) electrons. The molecule has 3 aromatic carbocycles. The minimum absolute atomic E-state index is 0.0484. The van der Waals surface area contributed by atoms with E-state index < -0.39 is 29.7 Å². The SMILES string of the molecule is O=C(NCC=Cc1ccc(C(=O)O)c(OC(F)(F)F)c1)OCC1c2ccccc2-c2ccccc21. The molecule has 0 aliphatic heterocycles. The Morgan fingerprint density at radius 2 is 1.60 bits per heavy atom. The molecule has 35 heavy (non-hydrogen) atoms. The number of alkyl halides is 3. The fraction of sp³-hybridized carbons (Fsp3) is 0.154. The third kappa shape index (κ3) is 5.63. The molecule has 0 saturated carbocycles. The van der Waals surface area contributed by atoms with Crippen molar-refractivity contribution in [2.24, 2.45) is 0 Å². The first-order chi connectivity index (χ1) is 16.7. The number of halogens is 3. The molecule has 1 aliphatic rings. The van der Waals surface area contributed by atoms with Gasteiger partial charge in [-0.3, -0.25) is 0 Å². The number of carbonyl (C=O) groups is 2. The number of carboxylic acid groups (broad SMARTS) is 1. The summed E-state index contributed by atoms with van der Waals surface area (Å²) >= 11 is 0. The van der Waals surface area contributed by atoms with Gasteiger partial charge in [-0.25, -0.2) is 9.59 Å². The van der Waals surface area contributed by atoms with Gasteiger partial charge in [-0.15, -0.1) is 13.2 Å². The predicted molar refractivity (Wildman–Crippen MR) is 122 cm³/mol. The highest BCUT2D eigenvalue weighted by Gasteiger charge is 2.33. The number of fused-ring (bicyclic) bond motifs is 3. The van der Waals surface area contributed by atoms with Gasteiger partial charge < -0.3 is 19.9 Å². The van der Waals surface area contributed by atoms with Crippen molar-refractivity contribution in [2.45, 2.75) is 12.3 Å². The van der Waals surface area contributed by atoms with Crippen LogP contribution in [0.4, 0.5) is 18.0 Å². The van der Waals surface area contributed by atoms with Crippen LogP contribution >= 0.6 is 0 Å². The number of carbonyl (C=O) groups excluding carboxylic acids is 1. The Hall–Kier alpha value is -4.27. The second-order valence-corrected chi connectivity index (χ2v) is 7.72. The zero-order chi connectivity index (χ0) is 25.0. The third-order valence-electron chi connectivity index (χ3n) is 5.48. The van der Waals surface area contributed by atoms with Crippen LogP contribution in [0.5, 0.6) is 5.75 Å². The van der Waals surface area contributed by atoms with Crippen LogP contribution in [0.25, 0.3) is 17.2 Å². The highest BCUT2D eigenvalue weighted by molar-refractivity contribution is 5.91. The number of hydrogen-bond donors (Lipinski definition) is 2. The minimum Gasteiger partial charge on any atom is -0.478 e. The fourth-order valence-corrected chi connectivity index (χ4v) is 4.02. The van der Waals surface area contributed by atoms with Gasteiger partial charge in [0, 0.05) is 12.5 Å². The minimum atomic E-state index is -5.03. The monoisotopic (exact) mass is 483 g/mol. The first kappa shape index (κ1) is 23.9. The molecule has 0 fully saturated rings. The summed E-state index contributed by atoms with van der Waals surface area (Å²) in [4.78, 5) is 23.3. The maximum absolute atomic E-state index is 12.6. The fourth-order valence-electron chi connectivity index (χ4n) is 4.02. The highest BCUT2D eigenvalue weighted by atomic mass is 19.4. The number of aromatic carboxylic acids is 1. The second-order valence-electron chi connectivity index (χ2n) is 7.72. The Morgan fingerprint density at radius 1 is 0.971 bits per heavy atom. The summed E-state index contributed by atoms with van der Waals surface area (Å²) < 4.78 is 46.9. The first-order valence-corrected chi connectivity index (χ1v) is 10.6. The predicted octanol–water partition coefficient (Wildman–Crippen LogP) is 5.84. The van der Waals surface area contributed by atoms with E-state index in [-0.39, 0.29) is 24.6 Å². The molecular formula is C26H20F3NO5. The molecule has 180 valence electrons. The first-order valence-electron chi connectivity index (χ1n) is 10.6. The zero-order valence-electron chi connectivity index (χ0n) is 18.2. The Kier molecular flexibility index (Phi) is 6.77. The van der Waals surface area contributed by atoms with Crippen molar-refractivity contribution in [3.63, 3.8) is 0 Å². The highest BCUT2D eigenvalue weighted by Crippen LogP contribution is 2.44. The molecular weight excluding hydrogens is 463 g/mol. The molecule has 4 rings (SSSR count). The lowest BCUT2D eigenvalue weighted by atomic mass is 9.98. The molecule has 2 N–H and O–H groups in total. The molecule has 0 atom stereocenters. The molecule has 0 aromatic heterocycles. The van der Waals surface area contributed by atoms with Crippen LogP contribution < -0.4 is 10.1 Å². The van der Waals surface area contributed by atoms with E-state index >= 15 is 0 Å². The van der Waals surface area contributed by atoms with Gasteiger partial charge >= 0.3 is 18.4 Å². The smallest absolute Gasteiger partial charge is 0.478 e. The van der Waals surface area contributed by atoms with E-state index in [1.807, 2.05) is 48.5 Å². The third-order valence-corrected chi connectivity index (χ3v) is 5.48. The van der Waals surface area contributed by atoms with Gasteiger partial charge in [-0.1, -0.05) is 66.7 Å². The van der Waals surface area contributed by atoms with Crippen molar-refractivity contribution in [1.29, 1.82) is 0 Å². The normalized spacial score (nSPS) is 12.8. The quantitative estimate of drug-likeness (QED) is 0.441. The number of benzene rings is 3. The molecule has 1 amide bonds. The molecule has 1 aliphatic carbocycles. The molecule has 6 nitrogen and oxygen atoms in total. The molecule has 3 aromatic rings. The second kappa shape index (κ2) is 9.92. The van der Waals surface area contributed by atoms with Crippen LogP contribution in [0.1, 0.15) is 33.0 Å². The standard InChI is InChI=1S/C26H20F3NO5/c27-26(28,29)35-23-14-16(11-12-21(23)24(31)32)6-5-13-30-25(33)34-15-22-19-9-3-1-7-17(19)18-8-2-4-10-20(18)22/h1-12,14,22H,13,15H2,(H,30,33)(H,31,32). The van der Waals surface area contributed by atoms with Crippen LogP contribution in [0.2, 0.25) is 0 Å². The zero-order valence-corrected chi connectivity index (χ0v) is 18.2. The molecule has 0 saturated heterocycles. The molecule has 9 heteroatoms. The Bertz CT molecular complexity index is 1240. The van der Waals surface area contributed by atoms with E-state index in [1.165, 1.54) is 18.2 Å². The topological polar surface area (TPSA) is 84.9 Å². The van der Waals surface area contributed by atoms with E-state index in [4.69, 9.17) is 9.84 Å². The van der Waals surface area contributed by atoms with Gasteiger partial charge in [0.1, 0.15) is 17.9 Å². The summed E-state index contributed by atoms with van der Waals surface area (Å²) in [5.74, 6) is -2.45. The summed E-state index contributed by atoms with van der Waals surface area (Å²) in [5, 5.41) is 11.6. The van der Waals surface area contributed by atoms with E-state index in [9.17, 15) is 22.8 Å². The number of alkyl carbamates (subject to hydrolysis) is 1. The van der Waals surface area contributed by atoms with E-state index in [0.29, 0.717) is 0 Å². The molecule has 0 heterocycles. The van der Waals surface area contributed by atoms with Crippen molar-refractivity contribution in [2.75, 3.05) is 13.2 Å². The molecule has 0 unspecified atom stereocenters. The Balaban J connectivity index is 1.34. The summed E-state index contributed by atoms with van der Waals surface area (Å²) in [5.41, 5.74) is 4.05. The number of amides is 1. The summed E-state index contributed by atoms with van der Waals surface area (Å²) in [7, 11) is 0. The Labute approximate surface area is 198 Å². The van der Waals surface area contributed by atoms with Crippen LogP contribution in [0.15, 0.2) is 72.8 Å². The maximum Gasteiger partial charge on any atom is 0.573 e. The number of carboxylic acids is 1. The van der Waals surface area contributed by atoms with Crippen molar-refractivity contribution >= 4 is 18.1 Å². The lowest BCUT2D eigenvalue weighted by Gasteiger charge is -2.14. The average molecular weight is 483 g/mol. The number of rotatable bonds is 7. The van der Waals surface area contributed by atoms with Crippen LogP contribution in [0.3, 0.4) is 0 Å². The summed E-state index contributed by atoms with van der Waals surface area (Å²) in [6, 6.07) is 19.2. The number of hydrogen-bond acceptors (Lipinski definition) is 4. The lowest BCUT2D eigenvalue weighted by Crippen LogP contribution is -2.26. The van der Waals surface area contributed by atoms with Crippen molar-refractivity contribution in [3.8, 4) is 16.9 Å². The van der Waals surface area contributed by atoms with Crippen molar-refractivity contribution < 1.29 is 37.3 Å². The van der Waals surface area contributed by atoms with Gasteiger partial charge in [0.25, 0.3) is 0 Å². The van der Waals surface area contributed by atoms with Crippen LogP contribution in [0, 0.1) is 0 Å². The van der Waals surface area contributed by atoms with Gasteiger partial charge in [0.2, 0.25) is 0 Å². The van der Waals surface area contributed by atoms with E-state index in [1.54, 1.807) is 0 Å². The van der Waals surface area contributed by atoms with Gasteiger partial charge in [0.15, 0.2) is 0 Å². The van der Waals surface area contributed by atoms with E-state index in [2.05, 4.69) is 10.1 Å². The van der Waals surface area contributed by atoms with Crippen LogP contribution in [-0.4, -0.2) is 36.7 Å². The Morgan fingerprint density at radius 3 is 2.20 bits per heavy atom. The van der Waals surface area contributed by atoms with Crippen molar-refractivity contribution in [3.05, 3.63) is 95.1 Å². The van der Waals surface area contributed by atoms with Crippen LogP contribution in [-0.2, 0) is 4.74 Å².